The van der Waals surface area contributed by atoms with Crippen LogP contribution in [0.2, 0.25) is 0 Å². The predicted molar refractivity (Wildman–Crippen MR) is 91.7 cm³/mol. The molecule has 1 aliphatic heterocycles. The minimum Gasteiger partial charge on any atom is -0.399 e. The van der Waals surface area contributed by atoms with Crippen LogP contribution in [0.3, 0.4) is 0 Å². The first-order chi connectivity index (χ1) is 11.3. The summed E-state index contributed by atoms with van der Waals surface area (Å²) in [5, 5.41) is 29.3. The average molecular weight is 323 g/mol. The Hall–Kier alpha value is -2.29. The van der Waals surface area contributed by atoms with Crippen molar-refractivity contribution < 1.29 is 0 Å². The van der Waals surface area contributed by atoms with E-state index in [4.69, 9.17) is 5.73 Å². The van der Waals surface area contributed by atoms with Gasteiger partial charge in [-0.1, -0.05) is 19.9 Å². The number of hydrogen-bond acceptors (Lipinski definition) is 5. The van der Waals surface area contributed by atoms with Gasteiger partial charge >= 0.3 is 0 Å². The maximum Gasteiger partial charge on any atom is 0.187 e. The van der Waals surface area contributed by atoms with Gasteiger partial charge in [0.2, 0.25) is 0 Å². The molecule has 0 aromatic rings. The molecule has 0 radical (unpaired) electrons. The average Bonchev–Trinajstić information content (AvgIpc) is 2.55. The van der Waals surface area contributed by atoms with Crippen molar-refractivity contribution in [2.45, 2.75) is 40.2 Å². The number of rotatable bonds is 3. The van der Waals surface area contributed by atoms with Crippen LogP contribution in [0.25, 0.3) is 0 Å². The zero-order valence-electron chi connectivity index (χ0n) is 14.9. The molecule has 0 fully saturated rings. The van der Waals surface area contributed by atoms with Crippen LogP contribution in [0.5, 0.6) is 0 Å². The number of fused-ring (bicyclic) bond motifs is 1. The second-order valence-corrected chi connectivity index (χ2v) is 7.48. The van der Waals surface area contributed by atoms with Gasteiger partial charge in [0, 0.05) is 31.0 Å². The molecule has 2 aliphatic rings. The Morgan fingerprint density at radius 3 is 2.33 bits per heavy atom. The smallest absolute Gasteiger partial charge is 0.187 e. The first-order valence-electron chi connectivity index (χ1n) is 8.49. The summed E-state index contributed by atoms with van der Waals surface area (Å²) in [6.45, 7) is 9.97. The van der Waals surface area contributed by atoms with E-state index in [1.165, 1.54) is 0 Å². The quantitative estimate of drug-likeness (QED) is 0.860. The summed E-state index contributed by atoms with van der Waals surface area (Å²) in [6.07, 6.45) is 2.79. The molecular formula is C19H25N5. The summed E-state index contributed by atoms with van der Waals surface area (Å²) in [4.78, 5) is 2.32. The molecule has 2 rings (SSSR count). The van der Waals surface area contributed by atoms with Crippen molar-refractivity contribution in [2.75, 3.05) is 13.1 Å². The van der Waals surface area contributed by atoms with E-state index in [1.54, 1.807) is 0 Å². The summed E-state index contributed by atoms with van der Waals surface area (Å²) >= 11 is 0. The number of hydrogen-bond donors (Lipinski definition) is 1. The Labute approximate surface area is 144 Å². The Balaban J connectivity index is 2.67. The Bertz CT molecular complexity index is 679. The Kier molecular flexibility index (Phi) is 5.02. The third kappa shape index (κ3) is 2.68. The van der Waals surface area contributed by atoms with Gasteiger partial charge in [-0.05, 0) is 31.8 Å². The Morgan fingerprint density at radius 2 is 1.88 bits per heavy atom. The van der Waals surface area contributed by atoms with Crippen molar-refractivity contribution in [1.29, 1.82) is 15.8 Å². The van der Waals surface area contributed by atoms with Crippen molar-refractivity contribution >= 4 is 0 Å². The molecule has 1 heterocycles. The van der Waals surface area contributed by atoms with Crippen LogP contribution in [0, 0.1) is 57.2 Å². The minimum absolute atomic E-state index is 0.00944. The van der Waals surface area contributed by atoms with Gasteiger partial charge in [-0.25, -0.2) is 0 Å². The number of nitriles is 3. The predicted octanol–water partition coefficient (Wildman–Crippen LogP) is 2.70. The van der Waals surface area contributed by atoms with Gasteiger partial charge in [0.1, 0.15) is 6.07 Å². The standard InChI is InChI=1S/C19H25N5/c1-12(2)7-17-16-9-24(13(3)4)6-5-14(16)15(8-20)18(23)19(17,10-21)11-22/h5,12-13,16-17H,6-7,9,23H2,1-4H3/t16-,17+/m1/s1. The molecule has 0 saturated heterocycles. The zero-order chi connectivity index (χ0) is 18.1. The Morgan fingerprint density at radius 1 is 1.25 bits per heavy atom. The van der Waals surface area contributed by atoms with E-state index < -0.39 is 5.41 Å². The van der Waals surface area contributed by atoms with E-state index >= 15 is 0 Å². The van der Waals surface area contributed by atoms with Gasteiger partial charge in [-0.3, -0.25) is 4.90 Å². The topological polar surface area (TPSA) is 101 Å². The lowest BCUT2D eigenvalue weighted by Crippen LogP contribution is -2.50. The van der Waals surface area contributed by atoms with Crippen molar-refractivity contribution in [3.05, 3.63) is 22.9 Å². The van der Waals surface area contributed by atoms with Crippen LogP contribution < -0.4 is 5.73 Å². The molecule has 0 unspecified atom stereocenters. The first-order valence-corrected chi connectivity index (χ1v) is 8.49. The fraction of sp³-hybridized carbons (Fsp3) is 0.632. The lowest BCUT2D eigenvalue weighted by Gasteiger charge is -2.46. The van der Waals surface area contributed by atoms with E-state index in [0.717, 1.165) is 25.1 Å². The molecular weight excluding hydrogens is 298 g/mol. The second kappa shape index (κ2) is 6.68. The molecule has 2 N–H and O–H groups in total. The second-order valence-electron chi connectivity index (χ2n) is 7.48. The molecule has 5 nitrogen and oxygen atoms in total. The monoisotopic (exact) mass is 323 g/mol. The van der Waals surface area contributed by atoms with E-state index in [-0.39, 0.29) is 17.5 Å². The fourth-order valence-electron chi connectivity index (χ4n) is 3.98. The highest BCUT2D eigenvalue weighted by Crippen LogP contribution is 2.51. The molecule has 2 atom stereocenters. The van der Waals surface area contributed by atoms with Gasteiger partial charge in [-0.2, -0.15) is 15.8 Å². The number of nitrogens with two attached hydrogens (primary N) is 1. The van der Waals surface area contributed by atoms with E-state index in [1.807, 2.05) is 0 Å². The van der Waals surface area contributed by atoms with Gasteiger partial charge < -0.3 is 5.73 Å². The molecule has 126 valence electrons. The summed E-state index contributed by atoms with van der Waals surface area (Å²) in [6, 6.07) is 6.88. The van der Waals surface area contributed by atoms with Gasteiger partial charge in [0.05, 0.1) is 23.4 Å². The van der Waals surface area contributed by atoms with Crippen molar-refractivity contribution in [2.24, 2.45) is 28.9 Å². The van der Waals surface area contributed by atoms with Gasteiger partial charge in [-0.15, -0.1) is 0 Å². The van der Waals surface area contributed by atoms with E-state index in [2.05, 4.69) is 56.9 Å². The lowest BCUT2D eigenvalue weighted by molar-refractivity contribution is 0.130. The SMILES string of the molecule is CC(C)C[C@H]1[C@@H]2CN(C(C)C)CC=C2C(C#N)=C(N)C1(C#N)C#N. The first kappa shape index (κ1) is 18.1. The highest BCUT2D eigenvalue weighted by Gasteiger charge is 2.53. The third-order valence-electron chi connectivity index (χ3n) is 5.32. The fourth-order valence-corrected chi connectivity index (χ4v) is 3.98. The molecule has 0 spiro atoms. The third-order valence-corrected chi connectivity index (χ3v) is 5.32. The van der Waals surface area contributed by atoms with Crippen LogP contribution in [-0.2, 0) is 0 Å². The molecule has 0 aromatic heterocycles. The maximum atomic E-state index is 9.84. The molecule has 0 amide bonds. The number of allylic oxidation sites excluding steroid dienone is 2. The van der Waals surface area contributed by atoms with Crippen molar-refractivity contribution in [3.8, 4) is 18.2 Å². The lowest BCUT2D eigenvalue weighted by atomic mass is 9.58. The molecule has 5 heteroatoms. The molecule has 0 bridgehead atoms. The van der Waals surface area contributed by atoms with Crippen LogP contribution >= 0.6 is 0 Å². The van der Waals surface area contributed by atoms with E-state index in [0.29, 0.717) is 17.5 Å². The summed E-state index contributed by atoms with van der Waals surface area (Å²) < 4.78 is 0. The number of nitrogens with zero attached hydrogens (tertiary/aromatic N) is 4. The largest absolute Gasteiger partial charge is 0.399 e. The van der Waals surface area contributed by atoms with Gasteiger partial charge in [0.15, 0.2) is 5.41 Å². The highest BCUT2D eigenvalue weighted by atomic mass is 15.2. The van der Waals surface area contributed by atoms with Crippen molar-refractivity contribution in [1.82, 2.24) is 4.90 Å². The highest BCUT2D eigenvalue weighted by molar-refractivity contribution is 5.56. The molecule has 0 aromatic carbocycles. The van der Waals surface area contributed by atoms with Crippen LogP contribution in [0.15, 0.2) is 22.9 Å². The maximum absolute atomic E-state index is 9.84. The molecule has 1 aliphatic carbocycles. The zero-order valence-corrected chi connectivity index (χ0v) is 14.9. The van der Waals surface area contributed by atoms with E-state index in [9.17, 15) is 15.8 Å². The van der Waals surface area contributed by atoms with Gasteiger partial charge in [0.25, 0.3) is 0 Å². The minimum atomic E-state index is -1.42. The van der Waals surface area contributed by atoms with Crippen LogP contribution in [0.1, 0.15) is 34.1 Å². The summed E-state index contributed by atoms with van der Waals surface area (Å²) in [7, 11) is 0. The van der Waals surface area contributed by atoms with Crippen LogP contribution in [0.4, 0.5) is 0 Å². The van der Waals surface area contributed by atoms with Crippen LogP contribution in [-0.4, -0.2) is 24.0 Å². The van der Waals surface area contributed by atoms with Crippen molar-refractivity contribution in [3.63, 3.8) is 0 Å². The summed E-state index contributed by atoms with van der Waals surface area (Å²) in [5.41, 5.74) is 6.20. The normalized spacial score (nSPS) is 26.4. The molecule has 0 saturated carbocycles. The summed E-state index contributed by atoms with van der Waals surface area (Å²) in [5.74, 6) is 0.130. The molecule has 24 heavy (non-hydrogen) atoms.